The van der Waals surface area contributed by atoms with E-state index in [-0.39, 0.29) is 30.5 Å². The number of ketones is 1. The van der Waals surface area contributed by atoms with E-state index in [0.717, 1.165) is 12.0 Å². The lowest BCUT2D eigenvalue weighted by atomic mass is 9.79. The summed E-state index contributed by atoms with van der Waals surface area (Å²) in [6.45, 7) is 14.4. The van der Waals surface area contributed by atoms with E-state index < -0.39 is 71.8 Å². The Morgan fingerprint density at radius 1 is 1.07 bits per heavy atom. The molecule has 2 aromatic heterocycles. The maximum absolute atomic E-state index is 14.3. The Hall–Kier alpha value is -3.83. The van der Waals surface area contributed by atoms with Crippen molar-refractivity contribution >= 4 is 24.1 Å². The molecule has 3 fully saturated rings. The van der Waals surface area contributed by atoms with Crippen molar-refractivity contribution in [3.8, 4) is 11.4 Å². The predicted octanol–water partition coefficient (Wildman–Crippen LogP) is 3.90. The lowest BCUT2D eigenvalue weighted by molar-refractivity contribution is -0.278. The summed E-state index contributed by atoms with van der Waals surface area (Å²) in [6, 6.07) is 4.54. The summed E-state index contributed by atoms with van der Waals surface area (Å²) in [7, 11) is 3.77. The van der Waals surface area contributed by atoms with E-state index in [9.17, 15) is 24.3 Å². The lowest BCUT2D eigenvalue weighted by Crippen LogP contribution is -2.60. The summed E-state index contributed by atoms with van der Waals surface area (Å²) >= 11 is 0. The molecule has 2 aromatic rings. The number of rotatable bonds is 12. The van der Waals surface area contributed by atoms with E-state index in [0.29, 0.717) is 57.4 Å². The normalized spacial score (nSPS) is 35.5. The summed E-state index contributed by atoms with van der Waals surface area (Å²) in [6.07, 6.45) is 2.79. The number of amides is 1. The number of aryl methyl sites for hydroxylation is 1. The van der Waals surface area contributed by atoms with Gasteiger partial charge in [-0.25, -0.2) is 4.79 Å². The molecule has 3 aliphatic rings. The van der Waals surface area contributed by atoms with Crippen LogP contribution in [-0.4, -0.2) is 141 Å². The van der Waals surface area contributed by atoms with Crippen LogP contribution in [-0.2, 0) is 39.9 Å². The minimum Gasteiger partial charge on any atom is -0.458 e. The SMILES string of the molecule is CC[C@H]1OC(=O)[C@H](C)C(=O)[C@H](C)[C@@H](O[C@@H]2OC(C)CC(N(C)C)C2O)[C@@H](CC=O)C[C@@H](C)CN[C@H](C)[C@H]2N(CCCCn3cc(-c4ccccn4)nn3)C(=O)O[C@]12C. The Labute approximate surface area is 342 Å². The van der Waals surface area contributed by atoms with Gasteiger partial charge in [0.25, 0.3) is 0 Å². The number of nitrogens with zero attached hydrogens (tertiary/aromatic N) is 6. The first-order valence-electron chi connectivity index (χ1n) is 21.0. The van der Waals surface area contributed by atoms with E-state index in [4.69, 9.17) is 18.9 Å². The van der Waals surface area contributed by atoms with Crippen molar-refractivity contribution in [3.05, 3.63) is 30.6 Å². The van der Waals surface area contributed by atoms with Gasteiger partial charge in [-0.05, 0) is 104 Å². The number of carbonyl (C=O) groups excluding carboxylic acids is 4. The maximum Gasteiger partial charge on any atom is 0.410 e. The second-order valence-electron chi connectivity index (χ2n) is 17.1. The molecule has 0 aliphatic carbocycles. The van der Waals surface area contributed by atoms with Crippen LogP contribution in [0.15, 0.2) is 30.6 Å². The zero-order valence-electron chi connectivity index (χ0n) is 35.7. The number of fused-ring (bicyclic) bond motifs is 1. The highest BCUT2D eigenvalue weighted by Crippen LogP contribution is 2.39. The van der Waals surface area contributed by atoms with Crippen molar-refractivity contribution in [2.45, 2.75) is 148 Å². The molecular formula is C42H65N7O9. The number of carbonyl (C=O) groups is 4. The number of pyridine rings is 1. The van der Waals surface area contributed by atoms with E-state index in [2.05, 4.69) is 27.5 Å². The number of aliphatic hydroxyl groups is 1. The van der Waals surface area contributed by atoms with Crippen molar-refractivity contribution in [1.29, 1.82) is 0 Å². The number of hydrogen-bond donors (Lipinski definition) is 2. The van der Waals surface area contributed by atoms with Crippen molar-refractivity contribution < 1.29 is 43.2 Å². The number of Topliss-reactive ketones (excluding diaryl/α,β-unsaturated/α-hetero) is 1. The van der Waals surface area contributed by atoms with Gasteiger partial charge >= 0.3 is 12.1 Å². The Kier molecular flexibility index (Phi) is 15.6. The second kappa shape index (κ2) is 19.9. The number of cyclic esters (lactones) is 1. The van der Waals surface area contributed by atoms with Crippen LogP contribution in [0.2, 0.25) is 0 Å². The molecule has 0 aromatic carbocycles. The highest BCUT2D eigenvalue weighted by molar-refractivity contribution is 6.00. The minimum absolute atomic E-state index is 0.00904. The van der Waals surface area contributed by atoms with Crippen LogP contribution >= 0.6 is 0 Å². The molecule has 3 saturated heterocycles. The molecule has 1 amide bonds. The molecule has 0 bridgehead atoms. The number of aromatic nitrogens is 4. The van der Waals surface area contributed by atoms with Crippen molar-refractivity contribution in [1.82, 2.24) is 35.1 Å². The van der Waals surface area contributed by atoms with Gasteiger partial charge < -0.3 is 39.1 Å². The Morgan fingerprint density at radius 2 is 1.81 bits per heavy atom. The first-order chi connectivity index (χ1) is 27.6. The van der Waals surface area contributed by atoms with E-state index >= 15 is 0 Å². The Morgan fingerprint density at radius 3 is 2.48 bits per heavy atom. The molecule has 16 heteroatoms. The van der Waals surface area contributed by atoms with Crippen molar-refractivity contribution in [3.63, 3.8) is 0 Å². The van der Waals surface area contributed by atoms with Crippen LogP contribution in [0.5, 0.6) is 0 Å². The molecule has 0 spiro atoms. The largest absolute Gasteiger partial charge is 0.458 e. The molecule has 3 aliphatic heterocycles. The molecule has 0 radical (unpaired) electrons. The smallest absolute Gasteiger partial charge is 0.410 e. The van der Waals surface area contributed by atoms with Crippen LogP contribution in [0, 0.1) is 23.7 Å². The molecule has 58 heavy (non-hydrogen) atoms. The third-order valence-corrected chi connectivity index (χ3v) is 12.4. The van der Waals surface area contributed by atoms with E-state index in [1.165, 1.54) is 6.92 Å². The van der Waals surface area contributed by atoms with Crippen LogP contribution < -0.4 is 5.32 Å². The Bertz CT molecular complexity index is 1680. The predicted molar refractivity (Wildman–Crippen MR) is 214 cm³/mol. The fraction of sp³-hybridized carbons (Fsp3) is 0.738. The number of aliphatic hydroxyl groups excluding tert-OH is 1. The molecule has 5 rings (SSSR count). The van der Waals surface area contributed by atoms with Gasteiger partial charge in [-0.3, -0.25) is 24.2 Å². The number of ether oxygens (including phenoxy) is 4. The zero-order valence-corrected chi connectivity index (χ0v) is 35.7. The third-order valence-electron chi connectivity index (χ3n) is 12.4. The highest BCUT2D eigenvalue weighted by Gasteiger charge is 2.58. The van der Waals surface area contributed by atoms with Gasteiger partial charge in [0.2, 0.25) is 0 Å². The standard InChI is InChI=1S/C42H65N7O9/c1-10-34-42(7)38(49(41(54)58-42)19-14-13-18-48-24-32(45-46-48)31-15-11-12-17-43-31)29(6)44-23-25(2)21-30(16-20-50)37(27(4)35(51)28(5)39(53)56-34)57-40-36(52)33(47(8)9)22-26(3)55-40/h11-12,15,17,20,24-30,33-34,36-38,40,44,52H,10,13-14,16,18-19,21-23H2,1-9H3/t25-,26?,27+,28-,29-,30+,33?,34-,36?,37-,38-,40+,42-/m1/s1. The molecule has 13 atom stereocenters. The summed E-state index contributed by atoms with van der Waals surface area (Å²) in [5, 5.41) is 23.5. The number of aldehydes is 1. The molecule has 3 unspecified atom stereocenters. The van der Waals surface area contributed by atoms with Gasteiger partial charge in [0.15, 0.2) is 17.7 Å². The van der Waals surface area contributed by atoms with Crippen LogP contribution in [0.1, 0.15) is 87.0 Å². The summed E-state index contributed by atoms with van der Waals surface area (Å²) in [5.74, 6) is -3.64. The number of nitrogens with one attached hydrogen (secondary N) is 1. The average Bonchev–Trinajstić information content (AvgIpc) is 3.78. The summed E-state index contributed by atoms with van der Waals surface area (Å²) in [4.78, 5) is 62.2. The second-order valence-corrected chi connectivity index (χ2v) is 17.1. The summed E-state index contributed by atoms with van der Waals surface area (Å²) < 4.78 is 26.8. The number of esters is 1. The average molecular weight is 812 g/mol. The third kappa shape index (κ3) is 10.3. The fourth-order valence-corrected chi connectivity index (χ4v) is 9.13. The first kappa shape index (κ1) is 45.3. The van der Waals surface area contributed by atoms with Gasteiger partial charge in [-0.1, -0.05) is 32.1 Å². The zero-order chi connectivity index (χ0) is 42.3. The number of hydrogen-bond acceptors (Lipinski definition) is 14. The summed E-state index contributed by atoms with van der Waals surface area (Å²) in [5.41, 5.74) is 0.177. The van der Waals surface area contributed by atoms with Crippen molar-refractivity contribution in [2.75, 3.05) is 27.2 Å². The van der Waals surface area contributed by atoms with Gasteiger partial charge in [-0.15, -0.1) is 5.10 Å². The van der Waals surface area contributed by atoms with Crippen LogP contribution in [0.3, 0.4) is 0 Å². The van der Waals surface area contributed by atoms with Crippen molar-refractivity contribution in [2.24, 2.45) is 23.7 Å². The minimum atomic E-state index is -1.24. The van der Waals surface area contributed by atoms with Gasteiger partial charge in [0.1, 0.15) is 30.1 Å². The Balaban J connectivity index is 1.37. The molecule has 2 N–H and O–H groups in total. The first-order valence-corrected chi connectivity index (χ1v) is 21.0. The molecule has 322 valence electrons. The number of likely N-dealkylation sites (N-methyl/N-ethyl adjacent to an activating group) is 1. The van der Waals surface area contributed by atoms with Gasteiger partial charge in [-0.2, -0.15) is 0 Å². The monoisotopic (exact) mass is 811 g/mol. The molecule has 0 saturated carbocycles. The van der Waals surface area contributed by atoms with E-state index in [1.807, 2.05) is 71.1 Å². The lowest BCUT2D eigenvalue weighted by Gasteiger charge is -2.44. The molecule has 5 heterocycles. The quantitative estimate of drug-likeness (QED) is 0.136. The highest BCUT2D eigenvalue weighted by atomic mass is 16.7. The fourth-order valence-electron chi connectivity index (χ4n) is 9.13. The number of unbranched alkanes of at least 4 members (excludes halogenated alkanes) is 1. The maximum atomic E-state index is 14.3. The molecule has 16 nitrogen and oxygen atoms in total. The molecular weight excluding hydrogens is 747 g/mol. The van der Waals surface area contributed by atoms with Gasteiger partial charge in [0.05, 0.1) is 30.1 Å². The van der Waals surface area contributed by atoms with Crippen LogP contribution in [0.25, 0.3) is 11.4 Å². The van der Waals surface area contributed by atoms with Crippen LogP contribution in [0.4, 0.5) is 4.79 Å². The topological polar surface area (TPSA) is 188 Å². The van der Waals surface area contributed by atoms with E-state index in [1.54, 1.807) is 22.7 Å². The van der Waals surface area contributed by atoms with Gasteiger partial charge in [0, 0.05) is 43.7 Å².